The molecule has 32 heavy (non-hydrogen) atoms. The van der Waals surface area contributed by atoms with Crippen LogP contribution in [-0.2, 0) is 18.3 Å². The van der Waals surface area contributed by atoms with E-state index >= 15 is 0 Å². The summed E-state index contributed by atoms with van der Waals surface area (Å²) in [5, 5.41) is 9.15. The fourth-order valence-electron chi connectivity index (χ4n) is 4.12. The number of amides is 1. The van der Waals surface area contributed by atoms with Crippen molar-refractivity contribution in [3.63, 3.8) is 0 Å². The second-order valence-electron chi connectivity index (χ2n) is 7.91. The molecule has 0 unspecified atom stereocenters. The van der Waals surface area contributed by atoms with E-state index in [1.807, 2.05) is 56.8 Å². The third-order valence-corrected chi connectivity index (χ3v) is 6.62. The lowest BCUT2D eigenvalue weighted by atomic mass is 9.99. The zero-order chi connectivity index (χ0) is 23.0. The molecule has 0 fully saturated rings. The van der Waals surface area contributed by atoms with E-state index < -0.39 is 0 Å². The first kappa shape index (κ1) is 22.0. The summed E-state index contributed by atoms with van der Waals surface area (Å²) >= 11 is 1.48. The number of anilines is 1. The van der Waals surface area contributed by atoms with Crippen LogP contribution < -0.4 is 10.1 Å². The highest BCUT2D eigenvalue weighted by Crippen LogP contribution is 2.31. The SMILES string of the molecule is COc1ccc(-c2nc(NC(=O)CCc3c(C)nc4c(c(C)nn4C)c3C)sc2C)cc1. The van der Waals surface area contributed by atoms with E-state index in [1.54, 1.807) is 7.11 Å². The highest BCUT2D eigenvalue weighted by atomic mass is 32.1. The molecule has 0 bridgehead atoms. The molecule has 0 radical (unpaired) electrons. The number of carbonyl (C=O) groups is 1. The summed E-state index contributed by atoms with van der Waals surface area (Å²) in [7, 11) is 3.55. The maximum atomic E-state index is 12.7. The maximum absolute atomic E-state index is 12.7. The van der Waals surface area contributed by atoms with E-state index in [9.17, 15) is 4.79 Å². The molecule has 3 aromatic heterocycles. The minimum atomic E-state index is -0.0539. The fourth-order valence-corrected chi connectivity index (χ4v) is 4.97. The quantitative estimate of drug-likeness (QED) is 0.452. The van der Waals surface area contributed by atoms with Crippen LogP contribution in [0.25, 0.3) is 22.3 Å². The number of carbonyl (C=O) groups excluding carboxylic acids is 1. The maximum Gasteiger partial charge on any atom is 0.226 e. The minimum Gasteiger partial charge on any atom is -0.497 e. The molecular formula is C24H27N5O2S. The number of methoxy groups -OCH3 is 1. The Morgan fingerprint density at radius 2 is 1.81 bits per heavy atom. The number of pyridine rings is 1. The Hall–Kier alpha value is -3.26. The van der Waals surface area contributed by atoms with Gasteiger partial charge in [0.25, 0.3) is 0 Å². The number of aromatic nitrogens is 4. The number of thiazole rings is 1. The highest BCUT2D eigenvalue weighted by molar-refractivity contribution is 7.16. The molecule has 4 rings (SSSR count). The lowest BCUT2D eigenvalue weighted by molar-refractivity contribution is -0.116. The molecule has 1 amide bonds. The van der Waals surface area contributed by atoms with Crippen LogP contribution in [-0.4, -0.2) is 32.8 Å². The van der Waals surface area contributed by atoms with Crippen molar-refractivity contribution >= 4 is 33.4 Å². The summed E-state index contributed by atoms with van der Waals surface area (Å²) in [6.07, 6.45) is 0.987. The smallest absolute Gasteiger partial charge is 0.226 e. The first-order valence-electron chi connectivity index (χ1n) is 10.5. The molecule has 7 nitrogen and oxygen atoms in total. The number of hydrogen-bond donors (Lipinski definition) is 1. The Bertz CT molecular complexity index is 1300. The molecule has 1 N–H and O–H groups in total. The van der Waals surface area contributed by atoms with Crippen LogP contribution in [0.4, 0.5) is 5.13 Å². The predicted molar refractivity (Wildman–Crippen MR) is 129 cm³/mol. The van der Waals surface area contributed by atoms with Gasteiger partial charge in [-0.25, -0.2) is 9.97 Å². The molecule has 0 saturated heterocycles. The number of ether oxygens (including phenoxy) is 1. The first-order chi connectivity index (χ1) is 15.3. The van der Waals surface area contributed by atoms with Crippen molar-refractivity contribution in [3.8, 4) is 17.0 Å². The van der Waals surface area contributed by atoms with Crippen LogP contribution in [0.3, 0.4) is 0 Å². The molecule has 166 valence electrons. The van der Waals surface area contributed by atoms with Gasteiger partial charge in [-0.3, -0.25) is 9.48 Å². The fraction of sp³-hybridized carbons (Fsp3) is 0.333. The molecule has 0 aliphatic heterocycles. The van der Waals surface area contributed by atoms with E-state index in [0.717, 1.165) is 55.4 Å². The van der Waals surface area contributed by atoms with Gasteiger partial charge in [-0.1, -0.05) is 0 Å². The van der Waals surface area contributed by atoms with E-state index in [1.165, 1.54) is 11.3 Å². The van der Waals surface area contributed by atoms with Crippen LogP contribution in [0.1, 0.15) is 33.8 Å². The number of nitrogens with zero attached hydrogens (tertiary/aromatic N) is 4. The normalized spacial score (nSPS) is 11.2. The van der Waals surface area contributed by atoms with E-state index in [-0.39, 0.29) is 5.91 Å². The number of benzene rings is 1. The highest BCUT2D eigenvalue weighted by Gasteiger charge is 2.17. The summed E-state index contributed by atoms with van der Waals surface area (Å²) in [6, 6.07) is 7.76. The van der Waals surface area contributed by atoms with Crippen molar-refractivity contribution < 1.29 is 9.53 Å². The Kier molecular flexibility index (Phi) is 5.97. The lowest BCUT2D eigenvalue weighted by Gasteiger charge is -2.11. The number of aryl methyl sites for hydroxylation is 5. The zero-order valence-electron chi connectivity index (χ0n) is 19.2. The van der Waals surface area contributed by atoms with Gasteiger partial charge in [0.2, 0.25) is 5.91 Å². The van der Waals surface area contributed by atoms with E-state index in [4.69, 9.17) is 9.72 Å². The van der Waals surface area contributed by atoms with Gasteiger partial charge in [0.15, 0.2) is 10.8 Å². The molecule has 8 heteroatoms. The molecular weight excluding hydrogens is 422 g/mol. The van der Waals surface area contributed by atoms with Gasteiger partial charge in [0.1, 0.15) is 5.75 Å². The molecule has 0 saturated carbocycles. The van der Waals surface area contributed by atoms with Gasteiger partial charge in [-0.05, 0) is 69.5 Å². The average molecular weight is 450 g/mol. The molecule has 0 aliphatic carbocycles. The molecule has 4 aromatic rings. The average Bonchev–Trinajstić information content (AvgIpc) is 3.26. The van der Waals surface area contributed by atoms with Crippen LogP contribution in [0.15, 0.2) is 24.3 Å². The number of hydrogen-bond acceptors (Lipinski definition) is 6. The van der Waals surface area contributed by atoms with Gasteiger partial charge >= 0.3 is 0 Å². The van der Waals surface area contributed by atoms with Gasteiger partial charge in [0, 0.05) is 35.0 Å². The Morgan fingerprint density at radius 1 is 1.09 bits per heavy atom. The summed E-state index contributed by atoms with van der Waals surface area (Å²) in [5.41, 5.74) is 6.92. The number of nitrogens with one attached hydrogen (secondary N) is 1. The minimum absolute atomic E-state index is 0.0539. The molecule has 0 spiro atoms. The summed E-state index contributed by atoms with van der Waals surface area (Å²) in [5.74, 6) is 0.747. The zero-order valence-corrected chi connectivity index (χ0v) is 20.1. The van der Waals surface area contributed by atoms with Crippen molar-refractivity contribution in [1.82, 2.24) is 19.7 Å². The summed E-state index contributed by atoms with van der Waals surface area (Å²) < 4.78 is 7.03. The predicted octanol–water partition coefficient (Wildman–Crippen LogP) is 4.91. The third kappa shape index (κ3) is 4.10. The third-order valence-electron chi connectivity index (χ3n) is 5.74. The van der Waals surface area contributed by atoms with Crippen LogP contribution in [0.5, 0.6) is 5.75 Å². The number of fused-ring (bicyclic) bond motifs is 1. The van der Waals surface area contributed by atoms with Crippen LogP contribution >= 0.6 is 11.3 Å². The summed E-state index contributed by atoms with van der Waals surface area (Å²) in [4.78, 5) is 23.1. The molecule has 0 atom stereocenters. The Balaban J connectivity index is 1.47. The monoisotopic (exact) mass is 449 g/mol. The van der Waals surface area contributed by atoms with E-state index in [0.29, 0.717) is 18.0 Å². The first-order valence-corrected chi connectivity index (χ1v) is 11.3. The van der Waals surface area contributed by atoms with Crippen LogP contribution in [0, 0.1) is 27.7 Å². The number of rotatable bonds is 6. The second kappa shape index (κ2) is 8.70. The van der Waals surface area contributed by atoms with Gasteiger partial charge in [-0.2, -0.15) is 5.10 Å². The van der Waals surface area contributed by atoms with Crippen molar-refractivity contribution in [2.24, 2.45) is 7.05 Å². The van der Waals surface area contributed by atoms with Crippen molar-refractivity contribution in [2.45, 2.75) is 40.5 Å². The van der Waals surface area contributed by atoms with E-state index in [2.05, 4.69) is 22.3 Å². The topological polar surface area (TPSA) is 81.9 Å². The largest absolute Gasteiger partial charge is 0.497 e. The van der Waals surface area contributed by atoms with Crippen molar-refractivity contribution in [1.29, 1.82) is 0 Å². The van der Waals surface area contributed by atoms with Gasteiger partial charge in [0.05, 0.1) is 18.5 Å². The Labute approximate surface area is 191 Å². The van der Waals surface area contributed by atoms with Crippen molar-refractivity contribution in [2.75, 3.05) is 12.4 Å². The lowest BCUT2D eigenvalue weighted by Crippen LogP contribution is -2.13. The molecule has 3 heterocycles. The van der Waals surface area contributed by atoms with Gasteiger partial charge < -0.3 is 10.1 Å². The Morgan fingerprint density at radius 3 is 2.50 bits per heavy atom. The summed E-state index contributed by atoms with van der Waals surface area (Å²) in [6.45, 7) is 8.09. The molecule has 1 aromatic carbocycles. The van der Waals surface area contributed by atoms with Gasteiger partial charge in [-0.15, -0.1) is 11.3 Å². The van der Waals surface area contributed by atoms with Crippen LogP contribution in [0.2, 0.25) is 0 Å². The standard InChI is InChI=1S/C24H27N5O2S/c1-13-19(14(2)25-23-21(13)15(3)28-29(23)5)11-12-20(30)26-24-27-22(16(4)32-24)17-7-9-18(31-6)10-8-17/h7-10H,11-12H2,1-6H3,(H,26,27,30). The second-order valence-corrected chi connectivity index (χ2v) is 9.11. The van der Waals surface area contributed by atoms with Crippen molar-refractivity contribution in [3.05, 3.63) is 51.7 Å². The molecule has 0 aliphatic rings.